The Hall–Kier alpha value is -2.28. The minimum Gasteiger partial charge on any atom is -0.493 e. The number of furan rings is 1. The van der Waals surface area contributed by atoms with Gasteiger partial charge in [-0.2, -0.15) is 0 Å². The van der Waals surface area contributed by atoms with Gasteiger partial charge in [-0.25, -0.2) is 0 Å². The number of carbonyl (C=O) groups is 1. The molecule has 2 aromatic carbocycles. The molecular weight excluding hydrogens is 457 g/mol. The summed E-state index contributed by atoms with van der Waals surface area (Å²) in [5, 5.41) is 0.962. The lowest BCUT2D eigenvalue weighted by Crippen LogP contribution is -2.30. The second kappa shape index (κ2) is 9.47. The predicted octanol–water partition coefficient (Wildman–Crippen LogP) is 6.09. The summed E-state index contributed by atoms with van der Waals surface area (Å²) in [7, 11) is 3.22. The topological polar surface area (TPSA) is 51.9 Å². The van der Waals surface area contributed by atoms with E-state index >= 15 is 0 Å². The van der Waals surface area contributed by atoms with Crippen LogP contribution in [0.1, 0.15) is 16.7 Å². The Morgan fingerprint density at radius 3 is 2.65 bits per heavy atom. The first kappa shape index (κ1) is 21.9. The van der Waals surface area contributed by atoms with Crippen molar-refractivity contribution >= 4 is 40.9 Å². The average Bonchev–Trinajstić information content (AvgIpc) is 3.40. The molecule has 0 radical (unpaired) electrons. The molecule has 0 N–H and O–H groups in total. The number of halogens is 2. The number of methoxy groups -OCH3 is 2. The maximum absolute atomic E-state index is 12.6. The first-order valence-electron chi connectivity index (χ1n) is 9.67. The zero-order chi connectivity index (χ0) is 22.0. The van der Waals surface area contributed by atoms with E-state index in [1.54, 1.807) is 44.2 Å². The van der Waals surface area contributed by atoms with Gasteiger partial charge in [0.25, 0.3) is 0 Å². The van der Waals surface area contributed by atoms with Crippen LogP contribution in [0.15, 0.2) is 52.9 Å². The van der Waals surface area contributed by atoms with Gasteiger partial charge in [0.05, 0.1) is 25.0 Å². The quantitative estimate of drug-likeness (QED) is 0.412. The van der Waals surface area contributed by atoms with Crippen LogP contribution >= 0.6 is 35.0 Å². The van der Waals surface area contributed by atoms with Crippen molar-refractivity contribution < 1.29 is 18.7 Å². The minimum atomic E-state index is -0.181. The molecule has 1 aromatic heterocycles. The van der Waals surface area contributed by atoms with Gasteiger partial charge in [0.2, 0.25) is 5.91 Å². The third-order valence-electron chi connectivity index (χ3n) is 5.12. The molecule has 1 saturated heterocycles. The maximum atomic E-state index is 12.6. The van der Waals surface area contributed by atoms with Crippen LogP contribution in [0.25, 0.3) is 11.3 Å². The molecule has 0 unspecified atom stereocenters. The van der Waals surface area contributed by atoms with Crippen molar-refractivity contribution in [3.05, 3.63) is 69.9 Å². The lowest BCUT2D eigenvalue weighted by Gasteiger charge is -2.22. The summed E-state index contributed by atoms with van der Waals surface area (Å²) in [6.45, 7) is 0.569. The first-order valence-corrected chi connectivity index (χ1v) is 11.5. The molecule has 1 fully saturated rings. The fraction of sp³-hybridized carbons (Fsp3) is 0.261. The Morgan fingerprint density at radius 1 is 1.06 bits per heavy atom. The Morgan fingerprint density at radius 2 is 1.87 bits per heavy atom. The highest BCUT2D eigenvalue weighted by atomic mass is 35.5. The van der Waals surface area contributed by atoms with E-state index < -0.39 is 0 Å². The number of nitrogens with zero attached hydrogens (tertiary/aromatic N) is 1. The summed E-state index contributed by atoms with van der Waals surface area (Å²) in [5.74, 6) is 3.21. The summed E-state index contributed by atoms with van der Waals surface area (Å²) in [5.41, 5.74) is 1.79. The molecule has 5 nitrogen and oxygen atoms in total. The predicted molar refractivity (Wildman–Crippen MR) is 124 cm³/mol. The maximum Gasteiger partial charge on any atom is 0.233 e. The molecule has 31 heavy (non-hydrogen) atoms. The lowest BCUT2D eigenvalue weighted by atomic mass is 10.1. The Bertz CT molecular complexity index is 1100. The SMILES string of the molecule is COc1ccc(CCN2C(=O)CS[C@@H]2c2ccc(-c3cc(Cl)ccc3Cl)o2)cc1OC. The van der Waals surface area contributed by atoms with E-state index in [0.717, 1.165) is 11.1 Å². The van der Waals surface area contributed by atoms with Crippen molar-refractivity contribution in [1.29, 1.82) is 0 Å². The molecule has 2 heterocycles. The normalized spacial score (nSPS) is 16.1. The monoisotopic (exact) mass is 477 g/mol. The van der Waals surface area contributed by atoms with E-state index in [1.807, 2.05) is 35.2 Å². The van der Waals surface area contributed by atoms with Crippen molar-refractivity contribution in [2.45, 2.75) is 11.8 Å². The number of benzene rings is 2. The molecule has 0 spiro atoms. The van der Waals surface area contributed by atoms with Gasteiger partial charge in [-0.15, -0.1) is 11.8 Å². The van der Waals surface area contributed by atoms with Crippen molar-refractivity contribution in [1.82, 2.24) is 4.90 Å². The number of amides is 1. The van der Waals surface area contributed by atoms with E-state index in [9.17, 15) is 4.79 Å². The van der Waals surface area contributed by atoms with E-state index in [1.165, 1.54) is 0 Å². The molecule has 162 valence electrons. The summed E-state index contributed by atoms with van der Waals surface area (Å²) in [6, 6.07) is 14.8. The second-order valence-corrected chi connectivity index (χ2v) is 8.93. The van der Waals surface area contributed by atoms with Gasteiger partial charge in [-0.05, 0) is 54.4 Å². The molecule has 3 aromatic rings. The van der Waals surface area contributed by atoms with Gasteiger partial charge in [0.1, 0.15) is 16.9 Å². The highest BCUT2D eigenvalue weighted by molar-refractivity contribution is 8.00. The van der Waals surface area contributed by atoms with E-state index in [-0.39, 0.29) is 11.3 Å². The largest absolute Gasteiger partial charge is 0.493 e. The molecule has 0 bridgehead atoms. The van der Waals surface area contributed by atoms with Crippen molar-refractivity contribution in [2.24, 2.45) is 0 Å². The molecule has 1 aliphatic rings. The number of hydrogen-bond acceptors (Lipinski definition) is 5. The first-order chi connectivity index (χ1) is 15.0. The fourth-order valence-corrected chi connectivity index (χ4v) is 5.08. The highest BCUT2D eigenvalue weighted by Gasteiger charge is 2.34. The Kier molecular flexibility index (Phi) is 6.70. The van der Waals surface area contributed by atoms with Gasteiger partial charge in [-0.1, -0.05) is 29.3 Å². The average molecular weight is 478 g/mol. The smallest absolute Gasteiger partial charge is 0.233 e. The molecule has 0 saturated carbocycles. The lowest BCUT2D eigenvalue weighted by molar-refractivity contribution is -0.128. The van der Waals surface area contributed by atoms with E-state index in [0.29, 0.717) is 51.8 Å². The number of rotatable bonds is 7. The molecule has 1 amide bonds. The van der Waals surface area contributed by atoms with Crippen molar-refractivity contribution in [2.75, 3.05) is 26.5 Å². The van der Waals surface area contributed by atoms with Crippen LogP contribution in [0.3, 0.4) is 0 Å². The standard InChI is InChI=1S/C23H21Cl2NO4S/c1-28-19-6-3-14(11-21(19)29-2)9-10-26-22(27)13-31-23(26)20-8-7-18(30-20)16-12-15(24)4-5-17(16)25/h3-8,11-12,23H,9-10,13H2,1-2H3/t23-/m1/s1. The molecule has 4 rings (SSSR count). The van der Waals surface area contributed by atoms with Gasteiger partial charge in [0, 0.05) is 17.1 Å². The summed E-state index contributed by atoms with van der Waals surface area (Å²) in [4.78, 5) is 14.4. The molecule has 8 heteroatoms. The third-order valence-corrected chi connectivity index (χ3v) is 6.90. The van der Waals surface area contributed by atoms with Crippen LogP contribution in [0.4, 0.5) is 0 Å². The third kappa shape index (κ3) is 4.66. The van der Waals surface area contributed by atoms with Crippen molar-refractivity contribution in [3.8, 4) is 22.8 Å². The summed E-state index contributed by atoms with van der Waals surface area (Å²) < 4.78 is 16.8. The molecule has 1 atom stereocenters. The second-order valence-electron chi connectivity index (χ2n) is 7.02. The van der Waals surface area contributed by atoms with E-state index in [4.69, 9.17) is 37.1 Å². The zero-order valence-corrected chi connectivity index (χ0v) is 19.4. The molecule has 1 aliphatic heterocycles. The number of hydrogen-bond donors (Lipinski definition) is 0. The Labute approximate surface area is 195 Å². The van der Waals surface area contributed by atoms with Crippen LogP contribution in [-0.2, 0) is 11.2 Å². The Balaban J connectivity index is 1.51. The molecule has 0 aliphatic carbocycles. The van der Waals surface area contributed by atoms with Crippen LogP contribution in [0.5, 0.6) is 11.5 Å². The van der Waals surface area contributed by atoms with Crippen LogP contribution in [-0.4, -0.2) is 37.3 Å². The number of ether oxygens (including phenoxy) is 2. The van der Waals surface area contributed by atoms with Crippen LogP contribution in [0, 0.1) is 0 Å². The van der Waals surface area contributed by atoms with E-state index in [2.05, 4.69) is 0 Å². The number of thioether (sulfide) groups is 1. The summed E-state index contributed by atoms with van der Waals surface area (Å²) >= 11 is 14.0. The van der Waals surface area contributed by atoms with Gasteiger partial charge in [0.15, 0.2) is 11.5 Å². The zero-order valence-electron chi connectivity index (χ0n) is 17.1. The van der Waals surface area contributed by atoms with Gasteiger partial charge in [-0.3, -0.25) is 4.79 Å². The minimum absolute atomic E-state index is 0.0919. The fourth-order valence-electron chi connectivity index (χ4n) is 3.53. The van der Waals surface area contributed by atoms with Crippen molar-refractivity contribution in [3.63, 3.8) is 0 Å². The van der Waals surface area contributed by atoms with Crippen LogP contribution < -0.4 is 9.47 Å². The molecular formula is C23H21Cl2NO4S. The highest BCUT2D eigenvalue weighted by Crippen LogP contribution is 2.42. The van der Waals surface area contributed by atoms with Gasteiger partial charge < -0.3 is 18.8 Å². The van der Waals surface area contributed by atoms with Gasteiger partial charge >= 0.3 is 0 Å². The van der Waals surface area contributed by atoms with Crippen LogP contribution in [0.2, 0.25) is 10.0 Å². The number of carbonyl (C=O) groups excluding carboxylic acids is 1. The summed E-state index contributed by atoms with van der Waals surface area (Å²) in [6.07, 6.45) is 0.691.